The fourth-order valence-corrected chi connectivity index (χ4v) is 4.80. The van der Waals surface area contributed by atoms with E-state index in [9.17, 15) is 18.0 Å². The summed E-state index contributed by atoms with van der Waals surface area (Å²) in [6, 6.07) is 7.38. The van der Waals surface area contributed by atoms with Crippen molar-refractivity contribution >= 4 is 27.3 Å². The molecule has 26 heavy (non-hydrogen) atoms. The Morgan fingerprint density at radius 2 is 1.62 bits per heavy atom. The minimum Gasteiger partial charge on any atom is -0.368 e. The molecule has 0 aliphatic carbocycles. The number of sulfonamides is 1. The van der Waals surface area contributed by atoms with Crippen molar-refractivity contribution in [3.8, 4) is 0 Å². The Bertz CT molecular complexity index is 1050. The normalized spacial score (nSPS) is 16.0. The van der Waals surface area contributed by atoms with Gasteiger partial charge in [0.1, 0.15) is 0 Å². The van der Waals surface area contributed by atoms with Crippen molar-refractivity contribution in [3.05, 3.63) is 56.3 Å². The lowest BCUT2D eigenvalue weighted by Crippen LogP contribution is -2.50. The molecule has 2 aromatic rings. The number of anilines is 1. The molecule has 1 saturated heterocycles. The van der Waals surface area contributed by atoms with E-state index in [2.05, 4.69) is 0 Å². The zero-order valence-corrected chi connectivity index (χ0v) is 16.0. The first-order valence-corrected chi connectivity index (χ1v) is 9.81. The van der Waals surface area contributed by atoms with E-state index in [1.807, 2.05) is 23.1 Å². The number of aryl methyl sites for hydroxylation is 1. The Morgan fingerprint density at radius 1 is 1.00 bits per heavy atom. The summed E-state index contributed by atoms with van der Waals surface area (Å²) in [4.78, 5) is 25.7. The largest absolute Gasteiger partial charge is 0.368 e. The van der Waals surface area contributed by atoms with Gasteiger partial charge in [-0.25, -0.2) is 13.2 Å². The van der Waals surface area contributed by atoms with Gasteiger partial charge < -0.3 is 9.47 Å². The lowest BCUT2D eigenvalue weighted by atomic mass is 10.2. The van der Waals surface area contributed by atoms with E-state index >= 15 is 0 Å². The first kappa shape index (κ1) is 18.7. The van der Waals surface area contributed by atoms with E-state index in [-0.39, 0.29) is 13.1 Å². The fraction of sp³-hybridized carbons (Fsp3) is 0.375. The first-order valence-electron chi connectivity index (χ1n) is 8.00. The quantitative estimate of drug-likeness (QED) is 0.739. The highest BCUT2D eigenvalue weighted by atomic mass is 35.5. The molecule has 0 saturated carbocycles. The van der Waals surface area contributed by atoms with Crippen LogP contribution in [-0.2, 0) is 24.1 Å². The van der Waals surface area contributed by atoms with E-state index in [1.165, 1.54) is 18.4 Å². The molecule has 1 aliphatic heterocycles. The molecule has 3 rings (SSSR count). The predicted octanol–water partition coefficient (Wildman–Crippen LogP) is 0.248. The number of benzene rings is 1. The number of aromatic nitrogens is 2. The summed E-state index contributed by atoms with van der Waals surface area (Å²) in [6.45, 7) is 1.35. The number of hydrogen-bond donors (Lipinski definition) is 0. The van der Waals surface area contributed by atoms with Crippen molar-refractivity contribution in [2.75, 3.05) is 31.1 Å². The van der Waals surface area contributed by atoms with Gasteiger partial charge in [0.15, 0.2) is 4.90 Å². The van der Waals surface area contributed by atoms with Crippen LogP contribution in [-0.4, -0.2) is 48.0 Å². The van der Waals surface area contributed by atoms with Gasteiger partial charge in [0.2, 0.25) is 10.0 Å². The summed E-state index contributed by atoms with van der Waals surface area (Å²) in [5, 5.41) is 0.607. The van der Waals surface area contributed by atoms with Crippen molar-refractivity contribution in [2.24, 2.45) is 14.1 Å². The van der Waals surface area contributed by atoms with Crippen molar-refractivity contribution < 1.29 is 8.42 Å². The molecule has 0 unspecified atom stereocenters. The van der Waals surface area contributed by atoms with Crippen molar-refractivity contribution in [2.45, 2.75) is 4.90 Å². The molecule has 0 N–H and O–H groups in total. The van der Waals surface area contributed by atoms with Gasteiger partial charge >= 0.3 is 5.69 Å². The van der Waals surface area contributed by atoms with Crippen LogP contribution in [0, 0.1) is 0 Å². The number of halogens is 1. The van der Waals surface area contributed by atoms with Crippen LogP contribution in [0.4, 0.5) is 5.69 Å². The number of hydrogen-bond acceptors (Lipinski definition) is 5. The van der Waals surface area contributed by atoms with Crippen LogP contribution in [0.1, 0.15) is 0 Å². The third-order valence-corrected chi connectivity index (χ3v) is 6.67. The molecule has 10 heteroatoms. The molecule has 8 nitrogen and oxygen atoms in total. The summed E-state index contributed by atoms with van der Waals surface area (Å²) in [5.41, 5.74) is -0.539. The molecule has 0 spiro atoms. The molecular formula is C16H19ClN4O4S. The van der Waals surface area contributed by atoms with Crippen LogP contribution >= 0.6 is 11.6 Å². The van der Waals surface area contributed by atoms with Crippen LogP contribution < -0.4 is 16.1 Å². The monoisotopic (exact) mass is 398 g/mol. The summed E-state index contributed by atoms with van der Waals surface area (Å²) in [6.07, 6.45) is 1.08. The molecule has 0 radical (unpaired) electrons. The average Bonchev–Trinajstić information content (AvgIpc) is 2.63. The smallest absolute Gasteiger partial charge is 0.330 e. The third kappa shape index (κ3) is 3.17. The van der Waals surface area contributed by atoms with Crippen LogP contribution in [0.2, 0.25) is 5.02 Å². The molecule has 1 aliphatic rings. The Labute approximate surface area is 155 Å². The summed E-state index contributed by atoms with van der Waals surface area (Å²) in [5.74, 6) is 0. The van der Waals surface area contributed by atoms with Gasteiger partial charge in [-0.1, -0.05) is 23.7 Å². The highest BCUT2D eigenvalue weighted by Crippen LogP contribution is 2.26. The summed E-state index contributed by atoms with van der Waals surface area (Å²) < 4.78 is 28.9. The second-order valence-electron chi connectivity index (χ2n) is 6.09. The van der Waals surface area contributed by atoms with E-state index < -0.39 is 26.2 Å². The third-order valence-electron chi connectivity index (χ3n) is 4.46. The van der Waals surface area contributed by atoms with Crippen molar-refractivity contribution in [1.29, 1.82) is 0 Å². The van der Waals surface area contributed by atoms with E-state index in [0.29, 0.717) is 18.1 Å². The van der Waals surface area contributed by atoms with Crippen molar-refractivity contribution in [1.82, 2.24) is 13.4 Å². The molecule has 2 heterocycles. The predicted molar refractivity (Wildman–Crippen MR) is 99.3 cm³/mol. The molecule has 0 amide bonds. The number of rotatable bonds is 3. The summed E-state index contributed by atoms with van der Waals surface area (Å²) in [7, 11) is -1.31. The second kappa shape index (κ2) is 6.90. The standard InChI is InChI=1S/C16H19ClN4O4S/c1-18-11-14(15(22)19(2)16(18)23)26(24,25)21-9-7-20(8-10-21)13-6-4-3-5-12(13)17/h3-6,11H,7-10H2,1-2H3. The Kier molecular flexibility index (Phi) is 4.96. The highest BCUT2D eigenvalue weighted by molar-refractivity contribution is 7.89. The van der Waals surface area contributed by atoms with Crippen LogP contribution in [0.5, 0.6) is 0 Å². The minimum atomic E-state index is -3.99. The lowest BCUT2D eigenvalue weighted by molar-refractivity contribution is 0.383. The maximum absolute atomic E-state index is 12.9. The van der Waals surface area contributed by atoms with Gasteiger partial charge in [-0.15, -0.1) is 0 Å². The van der Waals surface area contributed by atoms with E-state index in [4.69, 9.17) is 11.6 Å². The molecule has 0 bridgehead atoms. The zero-order valence-electron chi connectivity index (χ0n) is 14.4. The maximum atomic E-state index is 12.9. The molecule has 1 aromatic heterocycles. The van der Waals surface area contributed by atoms with Crippen LogP contribution in [0.15, 0.2) is 44.9 Å². The number of piperazine rings is 1. The van der Waals surface area contributed by atoms with Crippen LogP contribution in [0.3, 0.4) is 0 Å². The molecule has 1 fully saturated rings. The topological polar surface area (TPSA) is 84.6 Å². The average molecular weight is 399 g/mol. The van der Waals surface area contributed by atoms with Crippen LogP contribution in [0.25, 0.3) is 0 Å². The molecule has 1 aromatic carbocycles. The zero-order chi connectivity index (χ0) is 19.1. The fourth-order valence-electron chi connectivity index (χ4n) is 2.97. The van der Waals surface area contributed by atoms with Gasteiger partial charge in [0.25, 0.3) is 5.56 Å². The lowest BCUT2D eigenvalue weighted by Gasteiger charge is -2.35. The Hall–Kier alpha value is -2.10. The highest BCUT2D eigenvalue weighted by Gasteiger charge is 2.32. The van der Waals surface area contributed by atoms with Gasteiger partial charge in [-0.05, 0) is 12.1 Å². The number of nitrogens with zero attached hydrogens (tertiary/aromatic N) is 4. The SMILES string of the molecule is Cn1cc(S(=O)(=O)N2CCN(c3ccccc3Cl)CC2)c(=O)n(C)c1=O. The van der Waals surface area contributed by atoms with Gasteiger partial charge in [-0.3, -0.25) is 9.36 Å². The van der Waals surface area contributed by atoms with Gasteiger partial charge in [0.05, 0.1) is 10.7 Å². The molecular weight excluding hydrogens is 380 g/mol. The minimum absolute atomic E-state index is 0.222. The maximum Gasteiger partial charge on any atom is 0.330 e. The Morgan fingerprint density at radius 3 is 2.23 bits per heavy atom. The summed E-state index contributed by atoms with van der Waals surface area (Å²) >= 11 is 6.20. The van der Waals surface area contributed by atoms with E-state index in [0.717, 1.165) is 21.0 Å². The molecule has 140 valence electrons. The van der Waals surface area contributed by atoms with Gasteiger partial charge in [0, 0.05) is 46.5 Å². The Balaban J connectivity index is 1.87. The molecule has 0 atom stereocenters. The first-order chi connectivity index (χ1) is 12.2. The second-order valence-corrected chi connectivity index (χ2v) is 8.41. The number of para-hydroxylation sites is 1. The van der Waals surface area contributed by atoms with Gasteiger partial charge in [-0.2, -0.15) is 4.31 Å². The van der Waals surface area contributed by atoms with Crippen molar-refractivity contribution in [3.63, 3.8) is 0 Å². The van der Waals surface area contributed by atoms with E-state index in [1.54, 1.807) is 6.07 Å².